The zero-order valence-corrected chi connectivity index (χ0v) is 11.9. The van der Waals surface area contributed by atoms with Crippen LogP contribution < -0.4 is 0 Å². The summed E-state index contributed by atoms with van der Waals surface area (Å²) in [6.07, 6.45) is 1.48. The van der Waals surface area contributed by atoms with Crippen molar-refractivity contribution < 1.29 is 13.9 Å². The van der Waals surface area contributed by atoms with Crippen molar-refractivity contribution in [2.75, 3.05) is 13.2 Å². The molecule has 1 amide bonds. The molecule has 0 aromatic heterocycles. The fourth-order valence-electron chi connectivity index (χ4n) is 3.22. The van der Waals surface area contributed by atoms with Gasteiger partial charge in [-0.1, -0.05) is 18.2 Å². The molecule has 20 heavy (non-hydrogen) atoms. The summed E-state index contributed by atoms with van der Waals surface area (Å²) in [7, 11) is 0. The number of carbonyl (C=O) groups is 1. The van der Waals surface area contributed by atoms with E-state index in [1.807, 2.05) is 18.7 Å². The van der Waals surface area contributed by atoms with E-state index in [-0.39, 0.29) is 23.8 Å². The lowest BCUT2D eigenvalue weighted by Crippen LogP contribution is -2.55. The number of rotatable bonds is 2. The minimum absolute atomic E-state index is 0.0514. The number of halogens is 1. The monoisotopic (exact) mass is 277 g/mol. The highest BCUT2D eigenvalue weighted by atomic mass is 19.1. The van der Waals surface area contributed by atoms with Crippen molar-refractivity contribution in [1.29, 1.82) is 0 Å². The average Bonchev–Trinajstić information content (AvgIpc) is 3.20. The maximum atomic E-state index is 14.1. The number of hydrogen-bond donors (Lipinski definition) is 0. The number of amides is 1. The molecule has 1 aromatic carbocycles. The molecule has 0 radical (unpaired) electrons. The first kappa shape index (κ1) is 13.6. The highest BCUT2D eigenvalue weighted by molar-refractivity contribution is 5.92. The van der Waals surface area contributed by atoms with Crippen molar-refractivity contribution in [3.05, 3.63) is 35.6 Å². The Hall–Kier alpha value is -1.42. The van der Waals surface area contributed by atoms with Gasteiger partial charge in [-0.05, 0) is 32.8 Å². The second-order valence-electron chi connectivity index (χ2n) is 6.01. The molecule has 2 aliphatic rings. The Morgan fingerprint density at radius 3 is 2.40 bits per heavy atom. The van der Waals surface area contributed by atoms with Crippen molar-refractivity contribution in [3.63, 3.8) is 0 Å². The summed E-state index contributed by atoms with van der Waals surface area (Å²) in [6, 6.07) is 6.76. The van der Waals surface area contributed by atoms with Gasteiger partial charge in [-0.2, -0.15) is 0 Å². The van der Waals surface area contributed by atoms with Crippen LogP contribution in [-0.2, 0) is 14.9 Å². The van der Waals surface area contributed by atoms with Gasteiger partial charge >= 0.3 is 0 Å². The van der Waals surface area contributed by atoms with Gasteiger partial charge in [0.1, 0.15) is 5.82 Å². The van der Waals surface area contributed by atoms with E-state index in [0.29, 0.717) is 18.8 Å². The van der Waals surface area contributed by atoms with Gasteiger partial charge in [0, 0.05) is 5.56 Å². The average molecular weight is 277 g/mol. The molecule has 1 saturated heterocycles. The smallest absolute Gasteiger partial charge is 0.233 e. The van der Waals surface area contributed by atoms with E-state index in [1.54, 1.807) is 18.2 Å². The van der Waals surface area contributed by atoms with E-state index in [9.17, 15) is 9.18 Å². The van der Waals surface area contributed by atoms with Gasteiger partial charge in [0.2, 0.25) is 5.91 Å². The SMILES string of the molecule is CC1COCC(C)N1C(=O)C1(c2ccccc2F)CC1. The molecule has 2 fully saturated rings. The molecule has 1 aliphatic carbocycles. The number of benzene rings is 1. The first-order chi connectivity index (χ1) is 9.56. The fourth-order valence-corrected chi connectivity index (χ4v) is 3.22. The molecule has 1 aromatic rings. The van der Waals surface area contributed by atoms with E-state index in [0.717, 1.165) is 12.8 Å². The third-order valence-corrected chi connectivity index (χ3v) is 4.45. The van der Waals surface area contributed by atoms with Crippen LogP contribution in [0.25, 0.3) is 0 Å². The highest BCUT2D eigenvalue weighted by Crippen LogP contribution is 2.51. The zero-order chi connectivity index (χ0) is 14.3. The predicted octanol–water partition coefficient (Wildman–Crippen LogP) is 2.49. The van der Waals surface area contributed by atoms with Crippen molar-refractivity contribution in [2.45, 2.75) is 44.2 Å². The predicted molar refractivity (Wildman–Crippen MR) is 73.9 cm³/mol. The van der Waals surface area contributed by atoms with E-state index in [1.165, 1.54) is 6.07 Å². The largest absolute Gasteiger partial charge is 0.377 e. The van der Waals surface area contributed by atoms with Gasteiger partial charge < -0.3 is 9.64 Å². The molecule has 3 rings (SSSR count). The Kier molecular flexibility index (Phi) is 3.28. The molecular weight excluding hydrogens is 257 g/mol. The van der Waals surface area contributed by atoms with Gasteiger partial charge in [-0.25, -0.2) is 4.39 Å². The summed E-state index contributed by atoms with van der Waals surface area (Å²) in [6.45, 7) is 5.10. The third-order valence-electron chi connectivity index (χ3n) is 4.45. The molecule has 1 saturated carbocycles. The van der Waals surface area contributed by atoms with Crippen molar-refractivity contribution in [3.8, 4) is 0 Å². The molecule has 2 atom stereocenters. The standard InChI is InChI=1S/C16H20FNO2/c1-11-9-20-10-12(2)18(11)15(19)16(7-8-16)13-5-3-4-6-14(13)17/h3-6,11-12H,7-10H2,1-2H3. The Morgan fingerprint density at radius 2 is 1.85 bits per heavy atom. The van der Waals surface area contributed by atoms with Crippen molar-refractivity contribution >= 4 is 5.91 Å². The molecule has 108 valence electrons. The van der Waals surface area contributed by atoms with Crippen LogP contribution in [0.3, 0.4) is 0 Å². The normalized spacial score (nSPS) is 28.2. The molecule has 1 heterocycles. The van der Waals surface area contributed by atoms with Crippen LogP contribution in [0.5, 0.6) is 0 Å². The Bertz CT molecular complexity index is 517. The molecule has 1 aliphatic heterocycles. The summed E-state index contributed by atoms with van der Waals surface area (Å²) in [5.41, 5.74) is -0.0820. The minimum Gasteiger partial charge on any atom is -0.377 e. The molecule has 0 bridgehead atoms. The number of morpholine rings is 1. The van der Waals surface area contributed by atoms with Gasteiger partial charge in [0.15, 0.2) is 0 Å². The molecule has 4 heteroatoms. The molecule has 0 spiro atoms. The van der Waals surface area contributed by atoms with E-state index >= 15 is 0 Å². The number of hydrogen-bond acceptors (Lipinski definition) is 2. The number of carbonyl (C=O) groups excluding carboxylic acids is 1. The van der Waals surface area contributed by atoms with Crippen LogP contribution in [0.4, 0.5) is 4.39 Å². The molecule has 2 unspecified atom stereocenters. The van der Waals surface area contributed by atoms with Crippen LogP contribution in [-0.4, -0.2) is 36.1 Å². The van der Waals surface area contributed by atoms with Crippen LogP contribution in [0.1, 0.15) is 32.3 Å². The molecule has 3 nitrogen and oxygen atoms in total. The number of nitrogens with zero attached hydrogens (tertiary/aromatic N) is 1. The van der Waals surface area contributed by atoms with Crippen molar-refractivity contribution in [1.82, 2.24) is 4.90 Å². The minimum atomic E-state index is -0.634. The maximum absolute atomic E-state index is 14.1. The lowest BCUT2D eigenvalue weighted by molar-refractivity contribution is -0.147. The second kappa shape index (κ2) is 4.85. The fraction of sp³-hybridized carbons (Fsp3) is 0.562. The van der Waals surface area contributed by atoms with Gasteiger partial charge in [-0.15, -0.1) is 0 Å². The van der Waals surface area contributed by atoms with Crippen molar-refractivity contribution in [2.24, 2.45) is 0 Å². The summed E-state index contributed by atoms with van der Waals surface area (Å²) in [4.78, 5) is 14.9. The molecule has 0 N–H and O–H groups in total. The summed E-state index contributed by atoms with van der Waals surface area (Å²) < 4.78 is 19.5. The summed E-state index contributed by atoms with van der Waals surface area (Å²) in [5, 5.41) is 0. The summed E-state index contributed by atoms with van der Waals surface area (Å²) in [5.74, 6) is -0.210. The van der Waals surface area contributed by atoms with Gasteiger partial charge in [0.25, 0.3) is 0 Å². The van der Waals surface area contributed by atoms with E-state index < -0.39 is 5.41 Å². The van der Waals surface area contributed by atoms with Gasteiger partial charge in [0.05, 0.1) is 30.7 Å². The lowest BCUT2D eigenvalue weighted by Gasteiger charge is -2.41. The Morgan fingerprint density at radius 1 is 1.25 bits per heavy atom. The van der Waals surface area contributed by atoms with Gasteiger partial charge in [-0.3, -0.25) is 4.79 Å². The van der Waals surface area contributed by atoms with Crippen LogP contribution in [0.2, 0.25) is 0 Å². The van der Waals surface area contributed by atoms with E-state index in [4.69, 9.17) is 4.74 Å². The Balaban J connectivity index is 1.92. The van der Waals surface area contributed by atoms with E-state index in [2.05, 4.69) is 0 Å². The van der Waals surface area contributed by atoms with Crippen LogP contribution >= 0.6 is 0 Å². The lowest BCUT2D eigenvalue weighted by atomic mass is 9.92. The topological polar surface area (TPSA) is 29.5 Å². The first-order valence-corrected chi connectivity index (χ1v) is 7.22. The van der Waals surface area contributed by atoms with Crippen LogP contribution in [0, 0.1) is 5.82 Å². The second-order valence-corrected chi connectivity index (χ2v) is 6.01. The quantitative estimate of drug-likeness (QED) is 0.831. The molecular formula is C16H20FNO2. The third kappa shape index (κ3) is 2.03. The highest BCUT2D eigenvalue weighted by Gasteiger charge is 2.55. The zero-order valence-electron chi connectivity index (χ0n) is 11.9. The summed E-state index contributed by atoms with van der Waals surface area (Å²) >= 11 is 0. The Labute approximate surface area is 118 Å². The van der Waals surface area contributed by atoms with Crippen LogP contribution in [0.15, 0.2) is 24.3 Å². The first-order valence-electron chi connectivity index (χ1n) is 7.22. The maximum Gasteiger partial charge on any atom is 0.233 e. The number of ether oxygens (including phenoxy) is 1.